The number of aryl methyl sites for hydroxylation is 1. The zero-order chi connectivity index (χ0) is 56.7. The van der Waals surface area contributed by atoms with Crippen LogP contribution in [0.2, 0.25) is 10.0 Å². The highest BCUT2D eigenvalue weighted by Gasteiger charge is 2.39. The van der Waals surface area contributed by atoms with Crippen molar-refractivity contribution in [2.75, 3.05) is 74.6 Å². The molecule has 20 heteroatoms. The second-order valence-electron chi connectivity index (χ2n) is 20.6. The second-order valence-corrected chi connectivity index (χ2v) is 21.5. The summed E-state index contributed by atoms with van der Waals surface area (Å²) in [5, 5.41) is 18.8. The molecule has 0 spiro atoms. The number of fused-ring (bicyclic) bond motifs is 3. The lowest BCUT2D eigenvalue weighted by Crippen LogP contribution is -2.52. The van der Waals surface area contributed by atoms with Crippen molar-refractivity contribution < 1.29 is 34.5 Å². The van der Waals surface area contributed by atoms with Crippen molar-refractivity contribution in [2.45, 2.75) is 110 Å². The second kappa shape index (κ2) is 28.2. The summed E-state index contributed by atoms with van der Waals surface area (Å²) in [6.45, 7) is 12.3. The Morgan fingerprint density at radius 3 is 2.31 bits per heavy atom. The Kier molecular flexibility index (Phi) is 20.7. The van der Waals surface area contributed by atoms with Gasteiger partial charge in [0.15, 0.2) is 5.83 Å². The smallest absolute Gasteiger partial charge is 0.319 e. The van der Waals surface area contributed by atoms with E-state index < -0.39 is 23.7 Å². The van der Waals surface area contributed by atoms with Gasteiger partial charge in [0.1, 0.15) is 11.9 Å². The minimum atomic E-state index is -0.928. The van der Waals surface area contributed by atoms with Crippen LogP contribution in [-0.2, 0) is 46.9 Å². The highest BCUT2D eigenvalue weighted by Crippen LogP contribution is 2.37. The first-order valence-corrected chi connectivity index (χ1v) is 28.4. The Hall–Kier alpha value is -7.33. The summed E-state index contributed by atoms with van der Waals surface area (Å²) < 4.78 is 18.7. The van der Waals surface area contributed by atoms with Crippen molar-refractivity contribution in [2.24, 2.45) is 0 Å². The van der Waals surface area contributed by atoms with Gasteiger partial charge in [0, 0.05) is 93.5 Å². The number of imide groups is 1. The van der Waals surface area contributed by atoms with Crippen LogP contribution in [0.3, 0.4) is 0 Å². The van der Waals surface area contributed by atoms with Gasteiger partial charge in [-0.3, -0.25) is 24.5 Å². The van der Waals surface area contributed by atoms with Crippen molar-refractivity contribution in [3.8, 4) is 12.1 Å². The number of benzene rings is 4. The van der Waals surface area contributed by atoms with Crippen LogP contribution in [0.4, 0.5) is 26.4 Å². The SMILES string of the molecule is C=C(F)C(=O)N1CCN(c2nc(OC)nc3c2CCN(c2cccc4cccc(Cl)c24)C3)CC1.CC#N.O=C1CCC(N2Cc3cc(CNC(=O)Nc4cc(Cl)cc(CCCCCCCCN5CCCC5)c4)ccc3C2=O)C(=O)N1.[HH]. The molecule has 1 unspecified atom stereocenters. The lowest BCUT2D eigenvalue weighted by Gasteiger charge is -2.38. The van der Waals surface area contributed by atoms with E-state index in [0.29, 0.717) is 68.0 Å². The van der Waals surface area contributed by atoms with Gasteiger partial charge in [-0.15, -0.1) is 0 Å². The van der Waals surface area contributed by atoms with Crippen LogP contribution in [0.15, 0.2) is 85.2 Å². The molecule has 5 aliphatic rings. The van der Waals surface area contributed by atoms with Gasteiger partial charge in [-0.05, 0) is 123 Å². The number of ether oxygens (including phenoxy) is 1. The molecule has 0 saturated carbocycles. The van der Waals surface area contributed by atoms with Gasteiger partial charge >= 0.3 is 12.0 Å². The van der Waals surface area contributed by atoms with E-state index >= 15 is 0 Å². The third-order valence-electron chi connectivity index (χ3n) is 15.1. The fourth-order valence-electron chi connectivity index (χ4n) is 11.1. The number of piperazine rings is 1. The molecular weight excluding hydrogens is 1060 g/mol. The molecule has 17 nitrogen and oxygen atoms in total. The molecule has 3 saturated heterocycles. The Morgan fingerprint density at radius 2 is 1.59 bits per heavy atom. The number of urea groups is 1. The number of carbonyl (C=O) groups is 5. The van der Waals surface area contributed by atoms with Crippen LogP contribution in [-0.4, -0.2) is 120 Å². The normalized spacial score (nSPS) is 16.9. The van der Waals surface area contributed by atoms with Gasteiger partial charge in [-0.1, -0.05) is 91.9 Å². The summed E-state index contributed by atoms with van der Waals surface area (Å²) in [6, 6.07) is 24.3. The van der Waals surface area contributed by atoms with Gasteiger partial charge < -0.3 is 39.9 Å². The van der Waals surface area contributed by atoms with Crippen LogP contribution in [0.25, 0.3) is 10.8 Å². The fraction of sp³-hybridized carbons (Fsp3) is 0.433. The van der Waals surface area contributed by atoms with Crippen LogP contribution in [0, 0.1) is 11.3 Å². The summed E-state index contributed by atoms with van der Waals surface area (Å²) in [6.07, 6.45) is 12.4. The van der Waals surface area contributed by atoms with Crippen molar-refractivity contribution in [1.29, 1.82) is 5.26 Å². The third-order valence-corrected chi connectivity index (χ3v) is 15.7. The Labute approximate surface area is 478 Å². The minimum Gasteiger partial charge on any atom is -0.467 e. The summed E-state index contributed by atoms with van der Waals surface area (Å²) in [5.41, 5.74) is 7.02. The molecule has 0 aliphatic carbocycles. The number of methoxy groups -OCH3 is 1. The number of piperidine rings is 1. The van der Waals surface area contributed by atoms with Crippen molar-refractivity contribution in [3.63, 3.8) is 0 Å². The summed E-state index contributed by atoms with van der Waals surface area (Å²) in [4.78, 5) is 80.6. The maximum Gasteiger partial charge on any atom is 0.319 e. The lowest BCUT2D eigenvalue weighted by atomic mass is 10.0. The van der Waals surface area contributed by atoms with E-state index in [1.807, 2.05) is 36.4 Å². The van der Waals surface area contributed by atoms with E-state index in [0.717, 1.165) is 81.1 Å². The first-order chi connectivity index (χ1) is 38.7. The highest BCUT2D eigenvalue weighted by atomic mass is 35.5. The molecule has 1 aromatic heterocycles. The summed E-state index contributed by atoms with van der Waals surface area (Å²) >= 11 is 12.9. The molecule has 5 aromatic rings. The van der Waals surface area contributed by atoms with E-state index in [1.54, 1.807) is 31.4 Å². The Bertz CT molecular complexity index is 3130. The molecule has 1 atom stereocenters. The van der Waals surface area contributed by atoms with Gasteiger partial charge in [0.25, 0.3) is 11.8 Å². The van der Waals surface area contributed by atoms with Crippen molar-refractivity contribution in [1.82, 2.24) is 35.3 Å². The van der Waals surface area contributed by atoms with Crippen LogP contribution in [0.1, 0.15) is 111 Å². The molecule has 6 heterocycles. The zero-order valence-electron chi connectivity index (χ0n) is 45.6. The number of halogens is 3. The Morgan fingerprint density at radius 1 is 0.863 bits per heavy atom. The number of likely N-dealkylation sites (tertiary alicyclic amines) is 1. The maximum atomic E-state index is 13.3. The summed E-state index contributed by atoms with van der Waals surface area (Å²) in [5.74, 6) is -1.71. The highest BCUT2D eigenvalue weighted by molar-refractivity contribution is 6.36. The average Bonchev–Trinajstić information content (AvgIpc) is 4.16. The quantitative estimate of drug-likeness (QED) is 0.0453. The number of anilines is 3. The number of aromatic nitrogens is 2. The molecule has 424 valence electrons. The summed E-state index contributed by atoms with van der Waals surface area (Å²) in [7, 11) is 1.56. The number of carbonyl (C=O) groups excluding carboxylic acids is 5. The largest absolute Gasteiger partial charge is 0.467 e. The molecule has 0 bridgehead atoms. The predicted octanol–water partition coefficient (Wildman–Crippen LogP) is 10.2. The van der Waals surface area contributed by atoms with Crippen LogP contribution < -0.4 is 30.5 Å². The molecule has 3 N–H and O–H groups in total. The molecule has 80 heavy (non-hydrogen) atoms. The minimum absolute atomic E-state index is 0. The van der Waals surface area contributed by atoms with Crippen molar-refractivity contribution >= 4 is 80.8 Å². The van der Waals surface area contributed by atoms with Gasteiger partial charge in [-0.25, -0.2) is 9.18 Å². The van der Waals surface area contributed by atoms with E-state index in [9.17, 15) is 28.4 Å². The van der Waals surface area contributed by atoms with Gasteiger partial charge in [-0.2, -0.15) is 15.2 Å². The number of hydrogen-bond donors (Lipinski definition) is 3. The number of rotatable bonds is 17. The molecule has 0 radical (unpaired) electrons. The van der Waals surface area contributed by atoms with E-state index in [4.69, 9.17) is 33.2 Å². The number of hydrogen-bond acceptors (Lipinski definition) is 12. The van der Waals surface area contributed by atoms with E-state index in [2.05, 4.69) is 65.4 Å². The van der Waals surface area contributed by atoms with Crippen molar-refractivity contribution in [3.05, 3.63) is 129 Å². The van der Waals surface area contributed by atoms with E-state index in [1.165, 1.54) is 81.3 Å². The number of nitrogens with one attached hydrogen (secondary N) is 3. The zero-order valence-corrected chi connectivity index (χ0v) is 47.1. The number of nitriles is 1. The maximum absolute atomic E-state index is 13.3. The molecular formula is C60H72Cl2FN11O6. The van der Waals surface area contributed by atoms with Crippen LogP contribution >= 0.6 is 23.2 Å². The van der Waals surface area contributed by atoms with Crippen LogP contribution in [0.5, 0.6) is 6.01 Å². The first kappa shape index (κ1) is 58.8. The van der Waals surface area contributed by atoms with Gasteiger partial charge in [0.05, 0.1) is 30.4 Å². The standard InChI is InChI=1S/C33H42ClN5O4.C25H25ClFN5O2.C2H3N.H2/c34-26-18-23(9-5-3-1-2-4-6-14-38-15-7-8-16-38)19-27(20-26)36-33(43)35-21-24-10-11-28-25(17-24)22-39(32(28)42)29-12-13-30(40)37-31(29)41;1-16(27)24(33)31-13-11-30(12-14-31)23-18-9-10-32(15-20(18)28-25(29-23)34-2)21-8-4-6-17-5-3-7-19(26)22(17)21;1-2-3;/h10-11,17-20,29H,1-9,12-16,21-22H2,(H2,35,36,43)(H,37,40,41);3-8H,1,9-15H2,2H3;1H3;1H. The fourth-order valence-corrected chi connectivity index (χ4v) is 11.7. The molecule has 6 amide bonds. The molecule has 10 rings (SSSR count). The molecule has 4 aromatic carbocycles. The van der Waals surface area contributed by atoms with E-state index in [-0.39, 0.29) is 32.2 Å². The number of unbranched alkanes of at least 4 members (excludes halogenated alkanes) is 5. The topological polar surface area (TPSA) is 196 Å². The average molecular weight is 1130 g/mol. The Balaban J connectivity index is 0.000000225. The first-order valence-electron chi connectivity index (χ1n) is 27.6. The number of nitrogens with zero attached hydrogens (tertiary/aromatic N) is 8. The van der Waals surface area contributed by atoms with Gasteiger partial charge in [0.2, 0.25) is 11.8 Å². The molecule has 5 aliphatic heterocycles. The lowest BCUT2D eigenvalue weighted by molar-refractivity contribution is -0.137. The monoisotopic (exact) mass is 1130 g/mol. The molecule has 3 fully saturated rings. The number of amides is 6. The third kappa shape index (κ3) is 15.1. The predicted molar refractivity (Wildman–Crippen MR) is 312 cm³/mol.